The van der Waals surface area contributed by atoms with Gasteiger partial charge in [-0.1, -0.05) is 35.3 Å². The van der Waals surface area contributed by atoms with Crippen molar-refractivity contribution in [2.45, 2.75) is 13.5 Å². The van der Waals surface area contributed by atoms with Crippen LogP contribution in [-0.4, -0.2) is 22.2 Å². The first kappa shape index (κ1) is 15.5. The van der Waals surface area contributed by atoms with Gasteiger partial charge in [0.25, 0.3) is 5.56 Å². The van der Waals surface area contributed by atoms with E-state index in [2.05, 4.69) is 5.10 Å². The van der Waals surface area contributed by atoms with Crippen LogP contribution in [0.5, 0.6) is 5.75 Å². The second kappa shape index (κ2) is 6.74. The first-order valence-corrected chi connectivity index (χ1v) is 6.90. The Morgan fingerprint density at radius 1 is 1.33 bits per heavy atom. The molecule has 0 saturated carbocycles. The number of hydrogen-bond donors (Lipinski definition) is 0. The van der Waals surface area contributed by atoms with E-state index in [9.17, 15) is 9.59 Å². The topological polar surface area (TPSA) is 61.2 Å². The summed E-state index contributed by atoms with van der Waals surface area (Å²) in [6.07, 6.45) is 1.30. The van der Waals surface area contributed by atoms with Gasteiger partial charge in [0, 0.05) is 0 Å². The van der Waals surface area contributed by atoms with Crippen molar-refractivity contribution in [2.75, 3.05) is 6.61 Å². The number of Topliss-reactive ketones (excluding diaryl/α,β-unsaturated/α-hetero) is 1. The van der Waals surface area contributed by atoms with E-state index in [4.69, 9.17) is 27.9 Å². The smallest absolute Gasteiger partial charge is 0.287 e. The van der Waals surface area contributed by atoms with Gasteiger partial charge in [0.2, 0.25) is 0 Å². The minimum absolute atomic E-state index is 0.0733. The van der Waals surface area contributed by atoms with E-state index in [0.717, 1.165) is 4.68 Å². The number of halogens is 2. The normalized spacial score (nSPS) is 10.4. The Morgan fingerprint density at radius 2 is 2.05 bits per heavy atom. The number of ketones is 1. The van der Waals surface area contributed by atoms with Crippen molar-refractivity contribution in [1.29, 1.82) is 0 Å². The molecule has 0 aliphatic heterocycles. The Labute approximate surface area is 131 Å². The van der Waals surface area contributed by atoms with E-state index >= 15 is 0 Å². The minimum Gasteiger partial charge on any atom is -0.491 e. The Bertz CT molecular complexity index is 728. The molecule has 7 heteroatoms. The van der Waals surface area contributed by atoms with Gasteiger partial charge in [-0.2, -0.15) is 5.10 Å². The number of nitrogens with zero attached hydrogens (tertiary/aromatic N) is 2. The zero-order chi connectivity index (χ0) is 15.4. The average molecular weight is 327 g/mol. The van der Waals surface area contributed by atoms with Gasteiger partial charge in [0.05, 0.1) is 23.3 Å². The highest BCUT2D eigenvalue weighted by atomic mass is 35.5. The Morgan fingerprint density at radius 3 is 2.76 bits per heavy atom. The van der Waals surface area contributed by atoms with Crippen LogP contribution < -0.4 is 10.3 Å². The highest BCUT2D eigenvalue weighted by Gasteiger charge is 2.09. The highest BCUT2D eigenvalue weighted by Crippen LogP contribution is 2.18. The summed E-state index contributed by atoms with van der Waals surface area (Å²) in [5, 5.41) is 3.91. The zero-order valence-electron chi connectivity index (χ0n) is 11.2. The molecule has 0 fully saturated rings. The van der Waals surface area contributed by atoms with Crippen molar-refractivity contribution in [3.63, 3.8) is 0 Å². The van der Waals surface area contributed by atoms with Crippen molar-refractivity contribution < 1.29 is 9.53 Å². The lowest BCUT2D eigenvalue weighted by Crippen LogP contribution is -2.26. The molecule has 0 atom stereocenters. The molecule has 0 radical (unpaired) electrons. The summed E-state index contributed by atoms with van der Waals surface area (Å²) in [5.74, 6) is 0.383. The van der Waals surface area contributed by atoms with Crippen LogP contribution in [0.1, 0.15) is 17.3 Å². The van der Waals surface area contributed by atoms with Gasteiger partial charge in [-0.05, 0) is 19.1 Å². The summed E-state index contributed by atoms with van der Waals surface area (Å²) in [5.41, 5.74) is 0.0135. The van der Waals surface area contributed by atoms with Crippen LogP contribution in [-0.2, 0) is 6.54 Å². The van der Waals surface area contributed by atoms with Crippen LogP contribution >= 0.6 is 23.2 Å². The van der Waals surface area contributed by atoms with Crippen LogP contribution in [0.15, 0.2) is 35.3 Å². The van der Waals surface area contributed by atoms with Crippen molar-refractivity contribution in [2.24, 2.45) is 0 Å². The SMILES string of the molecule is CC(=O)c1ccccc1OCCn1ncc(Cl)c(Cl)c1=O. The number of para-hydroxylation sites is 1. The third-order valence-electron chi connectivity index (χ3n) is 2.77. The maximum atomic E-state index is 11.8. The second-order valence-electron chi connectivity index (χ2n) is 4.24. The predicted octanol–water partition coefficient (Wildman–Crippen LogP) is 2.83. The molecule has 0 unspecified atom stereocenters. The fraction of sp³-hybridized carbons (Fsp3) is 0.214. The predicted molar refractivity (Wildman–Crippen MR) is 80.5 cm³/mol. The maximum absolute atomic E-state index is 11.8. The van der Waals surface area contributed by atoms with Gasteiger partial charge in [-0.15, -0.1) is 0 Å². The molecule has 0 saturated heterocycles. The molecule has 1 heterocycles. The molecule has 0 aliphatic rings. The highest BCUT2D eigenvalue weighted by molar-refractivity contribution is 6.41. The molecule has 2 aromatic rings. The van der Waals surface area contributed by atoms with Gasteiger partial charge in [0.15, 0.2) is 5.78 Å². The molecule has 110 valence electrons. The molecule has 0 spiro atoms. The van der Waals surface area contributed by atoms with Crippen molar-refractivity contribution in [1.82, 2.24) is 9.78 Å². The molecule has 21 heavy (non-hydrogen) atoms. The fourth-order valence-electron chi connectivity index (χ4n) is 1.73. The standard InChI is InChI=1S/C14H12Cl2N2O3/c1-9(19)10-4-2-3-5-12(10)21-7-6-18-14(20)13(16)11(15)8-17-18/h2-5,8H,6-7H2,1H3. The molecule has 2 rings (SSSR count). The van der Waals surface area contributed by atoms with E-state index in [1.807, 2.05) is 0 Å². The molecule has 5 nitrogen and oxygen atoms in total. The lowest BCUT2D eigenvalue weighted by atomic mass is 10.1. The Hall–Kier alpha value is -1.85. The average Bonchev–Trinajstić information content (AvgIpc) is 2.47. The van der Waals surface area contributed by atoms with E-state index in [1.54, 1.807) is 24.3 Å². The molecular formula is C14H12Cl2N2O3. The van der Waals surface area contributed by atoms with Crippen molar-refractivity contribution >= 4 is 29.0 Å². The van der Waals surface area contributed by atoms with Gasteiger partial charge in [-0.3, -0.25) is 9.59 Å². The first-order chi connectivity index (χ1) is 10.0. The number of carbonyl (C=O) groups excluding carboxylic acids is 1. The molecule has 0 aliphatic carbocycles. The van der Waals surface area contributed by atoms with E-state index in [0.29, 0.717) is 11.3 Å². The van der Waals surface area contributed by atoms with Gasteiger partial charge < -0.3 is 4.74 Å². The van der Waals surface area contributed by atoms with E-state index in [1.165, 1.54) is 13.1 Å². The quantitative estimate of drug-likeness (QED) is 0.792. The van der Waals surface area contributed by atoms with Gasteiger partial charge in [0.1, 0.15) is 17.4 Å². The van der Waals surface area contributed by atoms with Crippen LogP contribution in [0.2, 0.25) is 10.0 Å². The number of carbonyl (C=O) groups is 1. The van der Waals surface area contributed by atoms with Gasteiger partial charge in [-0.25, -0.2) is 4.68 Å². The number of hydrogen-bond acceptors (Lipinski definition) is 4. The summed E-state index contributed by atoms with van der Waals surface area (Å²) >= 11 is 11.4. The fourth-order valence-corrected chi connectivity index (χ4v) is 2.00. The Kier molecular flexibility index (Phi) is 4.98. The lowest BCUT2D eigenvalue weighted by Gasteiger charge is -2.10. The molecule has 1 aromatic carbocycles. The Balaban J connectivity index is 2.08. The van der Waals surface area contributed by atoms with Crippen molar-refractivity contribution in [3.05, 3.63) is 56.4 Å². The van der Waals surface area contributed by atoms with E-state index in [-0.39, 0.29) is 29.0 Å². The molecule has 1 aromatic heterocycles. The summed E-state index contributed by atoms with van der Waals surface area (Å²) < 4.78 is 6.69. The van der Waals surface area contributed by atoms with Crippen molar-refractivity contribution in [3.8, 4) is 5.75 Å². The number of benzene rings is 1. The second-order valence-corrected chi connectivity index (χ2v) is 5.02. The zero-order valence-corrected chi connectivity index (χ0v) is 12.7. The van der Waals surface area contributed by atoms with Crippen LogP contribution in [0.25, 0.3) is 0 Å². The first-order valence-electron chi connectivity index (χ1n) is 6.14. The number of aromatic nitrogens is 2. The largest absolute Gasteiger partial charge is 0.491 e. The molecule has 0 N–H and O–H groups in total. The number of rotatable bonds is 5. The summed E-state index contributed by atoms with van der Waals surface area (Å²) in [6.45, 7) is 1.84. The van der Waals surface area contributed by atoms with Crippen LogP contribution in [0, 0.1) is 0 Å². The summed E-state index contributed by atoms with van der Waals surface area (Å²) in [4.78, 5) is 23.2. The number of ether oxygens (including phenoxy) is 1. The van der Waals surface area contributed by atoms with Crippen LogP contribution in [0.4, 0.5) is 0 Å². The third kappa shape index (κ3) is 3.62. The summed E-state index contributed by atoms with van der Waals surface area (Å²) in [6, 6.07) is 6.91. The molecule has 0 bridgehead atoms. The van der Waals surface area contributed by atoms with Gasteiger partial charge >= 0.3 is 0 Å². The molecular weight excluding hydrogens is 315 g/mol. The minimum atomic E-state index is -0.479. The monoisotopic (exact) mass is 326 g/mol. The lowest BCUT2D eigenvalue weighted by molar-refractivity contribution is 0.101. The third-order valence-corrected chi connectivity index (χ3v) is 3.52. The maximum Gasteiger partial charge on any atom is 0.287 e. The van der Waals surface area contributed by atoms with E-state index < -0.39 is 5.56 Å². The van der Waals surface area contributed by atoms with Crippen LogP contribution in [0.3, 0.4) is 0 Å². The summed E-state index contributed by atoms with van der Waals surface area (Å²) in [7, 11) is 0. The molecule has 0 amide bonds.